The topological polar surface area (TPSA) is 54.5 Å². The Morgan fingerprint density at radius 3 is 2.74 bits per heavy atom. The third kappa shape index (κ3) is 5.48. The number of hydrogen-bond acceptors (Lipinski definition) is 4. The average molecular weight is 433 g/mol. The quantitative estimate of drug-likeness (QED) is 0.765. The summed E-state index contributed by atoms with van der Waals surface area (Å²) in [5.41, 5.74) is 3.75. The molecule has 166 valence electrons. The summed E-state index contributed by atoms with van der Waals surface area (Å²) in [7, 11) is 0. The first-order valence-corrected chi connectivity index (χ1v) is 10.6. The fourth-order valence-corrected chi connectivity index (χ4v) is 4.08. The normalized spacial score (nSPS) is 18.6. The van der Waals surface area contributed by atoms with E-state index in [1.54, 1.807) is 6.07 Å². The predicted molar refractivity (Wildman–Crippen MR) is 111 cm³/mol. The number of carbonyl (C=O) groups excluding carboxylic acids is 1. The summed E-state index contributed by atoms with van der Waals surface area (Å²) in [4.78, 5) is 17.6. The molecule has 8 heteroatoms. The van der Waals surface area contributed by atoms with Crippen LogP contribution >= 0.6 is 0 Å². The van der Waals surface area contributed by atoms with Crippen LogP contribution in [0.2, 0.25) is 0 Å². The Kier molecular flexibility index (Phi) is 6.07. The number of amides is 1. The van der Waals surface area contributed by atoms with E-state index in [9.17, 15) is 18.0 Å². The van der Waals surface area contributed by atoms with Gasteiger partial charge in [-0.15, -0.1) is 0 Å². The second-order valence-corrected chi connectivity index (χ2v) is 8.29. The molecule has 0 spiro atoms. The first kappa shape index (κ1) is 21.5. The molecule has 1 unspecified atom stereocenters. The molecular weight excluding hydrogens is 407 g/mol. The molecule has 2 aromatic rings. The molecule has 0 aliphatic carbocycles. The molecule has 5 nitrogen and oxygen atoms in total. The molecule has 3 heterocycles. The lowest BCUT2D eigenvalue weighted by Crippen LogP contribution is -2.37. The van der Waals surface area contributed by atoms with Crippen LogP contribution in [0.1, 0.15) is 42.1 Å². The third-order valence-corrected chi connectivity index (χ3v) is 5.76. The van der Waals surface area contributed by atoms with Crippen molar-refractivity contribution in [3.05, 3.63) is 52.7 Å². The Bertz CT molecular complexity index is 962. The first-order valence-electron chi connectivity index (χ1n) is 10.6. The molecule has 0 saturated heterocycles. The summed E-state index contributed by atoms with van der Waals surface area (Å²) in [5.74, 6) is 1.05. The summed E-state index contributed by atoms with van der Waals surface area (Å²) in [5, 5.41) is 3.41. The standard InChI is InChI=1S/C23H26F3N3O2/c1-15-2-3-17-4-7-19(28-22(17)27-15)10-11-31-20-8-5-16-6-9-21(30)29(13-18(16)12-20)14-23(24,25)26/h4-5,7-8,12,15H,2-3,6,9-11,13-14H2,1H3,(H,27,28). The first-order chi connectivity index (χ1) is 14.8. The van der Waals surface area contributed by atoms with Crippen LogP contribution in [0.5, 0.6) is 5.75 Å². The Labute approximate surface area is 179 Å². The van der Waals surface area contributed by atoms with Gasteiger partial charge >= 0.3 is 6.18 Å². The van der Waals surface area contributed by atoms with Crippen LogP contribution in [0.4, 0.5) is 19.0 Å². The molecule has 2 aliphatic rings. The molecule has 0 bridgehead atoms. The Morgan fingerprint density at radius 1 is 1.13 bits per heavy atom. The highest BCUT2D eigenvalue weighted by molar-refractivity contribution is 5.77. The largest absolute Gasteiger partial charge is 0.493 e. The monoisotopic (exact) mass is 433 g/mol. The maximum Gasteiger partial charge on any atom is 0.406 e. The van der Waals surface area contributed by atoms with Crippen molar-refractivity contribution in [1.29, 1.82) is 0 Å². The number of aromatic nitrogens is 1. The van der Waals surface area contributed by atoms with Crippen LogP contribution in [-0.2, 0) is 30.6 Å². The summed E-state index contributed by atoms with van der Waals surface area (Å²) >= 11 is 0. The number of anilines is 1. The van der Waals surface area contributed by atoms with E-state index < -0.39 is 18.6 Å². The minimum atomic E-state index is -4.41. The molecule has 2 aliphatic heterocycles. The van der Waals surface area contributed by atoms with Crippen molar-refractivity contribution < 1.29 is 22.7 Å². The predicted octanol–water partition coefficient (Wildman–Crippen LogP) is 4.29. The fraction of sp³-hybridized carbons (Fsp3) is 0.478. The van der Waals surface area contributed by atoms with Crippen LogP contribution in [0.25, 0.3) is 0 Å². The number of alkyl halides is 3. The number of benzene rings is 1. The van der Waals surface area contributed by atoms with Gasteiger partial charge in [0.05, 0.1) is 6.61 Å². The van der Waals surface area contributed by atoms with Crippen LogP contribution in [0.3, 0.4) is 0 Å². The summed E-state index contributed by atoms with van der Waals surface area (Å²) in [6.07, 6.45) is -1.15. The van der Waals surface area contributed by atoms with Crippen LogP contribution in [-0.4, -0.2) is 41.2 Å². The molecule has 1 amide bonds. The number of nitrogens with one attached hydrogen (secondary N) is 1. The lowest BCUT2D eigenvalue weighted by Gasteiger charge is -2.23. The molecule has 1 atom stereocenters. The van der Waals surface area contributed by atoms with Gasteiger partial charge in [0.2, 0.25) is 5.91 Å². The Balaban J connectivity index is 1.39. The van der Waals surface area contributed by atoms with Crippen molar-refractivity contribution in [1.82, 2.24) is 9.88 Å². The average Bonchev–Trinajstić information content (AvgIpc) is 2.85. The zero-order valence-electron chi connectivity index (χ0n) is 17.5. The molecule has 0 saturated carbocycles. The number of nitrogens with zero attached hydrogens (tertiary/aromatic N) is 2. The van der Waals surface area contributed by atoms with Crippen molar-refractivity contribution in [3.63, 3.8) is 0 Å². The molecule has 4 rings (SSSR count). The highest BCUT2D eigenvalue weighted by atomic mass is 19.4. The van der Waals surface area contributed by atoms with Crippen LogP contribution in [0.15, 0.2) is 30.3 Å². The van der Waals surface area contributed by atoms with E-state index in [-0.39, 0.29) is 13.0 Å². The maximum absolute atomic E-state index is 12.8. The maximum atomic E-state index is 12.8. The van der Waals surface area contributed by atoms with E-state index >= 15 is 0 Å². The Morgan fingerprint density at radius 2 is 1.94 bits per heavy atom. The van der Waals surface area contributed by atoms with E-state index in [4.69, 9.17) is 4.74 Å². The molecule has 31 heavy (non-hydrogen) atoms. The molecule has 0 radical (unpaired) electrons. The van der Waals surface area contributed by atoms with Gasteiger partial charge in [-0.2, -0.15) is 13.2 Å². The highest BCUT2D eigenvalue weighted by Gasteiger charge is 2.34. The number of rotatable bonds is 5. The minimum Gasteiger partial charge on any atom is -0.493 e. The SMILES string of the molecule is CC1CCc2ccc(CCOc3ccc4c(c3)CN(CC(F)(F)F)C(=O)CC4)nc2N1. The van der Waals surface area contributed by atoms with Crippen molar-refractivity contribution in [2.75, 3.05) is 18.5 Å². The third-order valence-electron chi connectivity index (χ3n) is 5.76. The number of halogens is 3. The number of ether oxygens (including phenoxy) is 1. The molecular formula is C23H26F3N3O2. The minimum absolute atomic E-state index is 0.0545. The van der Waals surface area contributed by atoms with E-state index in [1.165, 1.54) is 5.56 Å². The second kappa shape index (κ2) is 8.77. The van der Waals surface area contributed by atoms with Crippen molar-refractivity contribution >= 4 is 11.7 Å². The van der Waals surface area contributed by atoms with E-state index in [0.29, 0.717) is 36.8 Å². The number of fused-ring (bicyclic) bond motifs is 2. The molecule has 1 N–H and O–H groups in total. The van der Waals surface area contributed by atoms with E-state index in [2.05, 4.69) is 23.3 Å². The van der Waals surface area contributed by atoms with Gasteiger partial charge in [-0.25, -0.2) is 4.98 Å². The summed E-state index contributed by atoms with van der Waals surface area (Å²) in [6.45, 7) is 1.27. The smallest absolute Gasteiger partial charge is 0.406 e. The van der Waals surface area contributed by atoms with Gasteiger partial charge in [0, 0.05) is 31.1 Å². The molecule has 1 aromatic carbocycles. The van der Waals surface area contributed by atoms with Gasteiger partial charge in [-0.05, 0) is 61.1 Å². The highest BCUT2D eigenvalue weighted by Crippen LogP contribution is 2.27. The van der Waals surface area contributed by atoms with Crippen molar-refractivity contribution in [3.8, 4) is 5.75 Å². The number of aryl methyl sites for hydroxylation is 2. The summed E-state index contributed by atoms with van der Waals surface area (Å²) < 4.78 is 44.3. The van der Waals surface area contributed by atoms with Gasteiger partial charge in [-0.3, -0.25) is 4.79 Å². The molecule has 1 aromatic heterocycles. The van der Waals surface area contributed by atoms with Gasteiger partial charge in [0.1, 0.15) is 18.1 Å². The van der Waals surface area contributed by atoms with Crippen molar-refractivity contribution in [2.45, 2.75) is 57.8 Å². The van der Waals surface area contributed by atoms with Gasteiger partial charge in [0.25, 0.3) is 0 Å². The lowest BCUT2D eigenvalue weighted by atomic mass is 10.0. The van der Waals surface area contributed by atoms with Crippen LogP contribution in [0, 0.1) is 0 Å². The zero-order valence-corrected chi connectivity index (χ0v) is 17.5. The van der Waals surface area contributed by atoms with E-state index in [1.807, 2.05) is 18.2 Å². The fourth-order valence-electron chi connectivity index (χ4n) is 4.08. The summed E-state index contributed by atoms with van der Waals surface area (Å²) in [6, 6.07) is 9.93. The number of carbonyl (C=O) groups is 1. The Hall–Kier alpha value is -2.77. The number of hydrogen-bond donors (Lipinski definition) is 1. The van der Waals surface area contributed by atoms with Crippen LogP contribution < -0.4 is 10.1 Å². The van der Waals surface area contributed by atoms with Gasteiger partial charge < -0.3 is 15.0 Å². The lowest BCUT2D eigenvalue weighted by molar-refractivity contribution is -0.162. The van der Waals surface area contributed by atoms with Gasteiger partial charge in [0.15, 0.2) is 0 Å². The number of pyridine rings is 1. The van der Waals surface area contributed by atoms with E-state index in [0.717, 1.165) is 34.8 Å². The van der Waals surface area contributed by atoms with Gasteiger partial charge in [-0.1, -0.05) is 12.1 Å². The zero-order chi connectivity index (χ0) is 22.0. The second-order valence-electron chi connectivity index (χ2n) is 8.29. The van der Waals surface area contributed by atoms with Crippen molar-refractivity contribution in [2.24, 2.45) is 0 Å². The molecule has 0 fully saturated rings.